The Hall–Kier alpha value is -4.08. The Labute approximate surface area is 163 Å². The van der Waals surface area contributed by atoms with Crippen molar-refractivity contribution in [1.29, 1.82) is 0 Å². The summed E-state index contributed by atoms with van der Waals surface area (Å²) in [5.74, 6) is -3.47. The molecule has 10 heteroatoms. The van der Waals surface area contributed by atoms with Crippen molar-refractivity contribution in [1.82, 2.24) is 14.9 Å². The molecule has 0 bridgehead atoms. The predicted molar refractivity (Wildman–Crippen MR) is 99.8 cm³/mol. The van der Waals surface area contributed by atoms with Crippen LogP contribution in [0.5, 0.6) is 0 Å². The van der Waals surface area contributed by atoms with Crippen molar-refractivity contribution in [2.24, 2.45) is 5.73 Å². The Balaban J connectivity index is 1.91. The number of hydrogen-bond donors (Lipinski definition) is 3. The van der Waals surface area contributed by atoms with Gasteiger partial charge in [0.1, 0.15) is 23.7 Å². The van der Waals surface area contributed by atoms with E-state index in [0.717, 1.165) is 24.5 Å². The van der Waals surface area contributed by atoms with E-state index in [2.05, 4.69) is 15.6 Å². The van der Waals surface area contributed by atoms with Crippen LogP contribution in [0.1, 0.15) is 31.3 Å². The minimum absolute atomic E-state index is 0.129. The molecule has 3 aromatic rings. The molecule has 0 aliphatic carbocycles. The maximum Gasteiger partial charge on any atom is 0.272 e. The van der Waals surface area contributed by atoms with Crippen LogP contribution in [0, 0.1) is 11.6 Å². The largest absolute Gasteiger partial charge is 0.364 e. The Bertz CT molecular complexity index is 1110. The first-order chi connectivity index (χ1) is 13.8. The molecule has 0 aliphatic heterocycles. The second kappa shape index (κ2) is 7.89. The van der Waals surface area contributed by atoms with Crippen molar-refractivity contribution >= 4 is 23.4 Å². The molecule has 0 atom stereocenters. The molecule has 0 unspecified atom stereocenters. The molecule has 1 aromatic heterocycles. The van der Waals surface area contributed by atoms with Crippen LogP contribution in [0.15, 0.2) is 48.8 Å². The van der Waals surface area contributed by atoms with Gasteiger partial charge in [0.05, 0.1) is 11.4 Å². The molecule has 0 fully saturated rings. The van der Waals surface area contributed by atoms with Crippen LogP contribution < -0.4 is 16.4 Å². The number of benzene rings is 2. The van der Waals surface area contributed by atoms with Crippen LogP contribution in [0.4, 0.5) is 14.5 Å². The van der Waals surface area contributed by atoms with Crippen molar-refractivity contribution in [2.45, 2.75) is 0 Å². The van der Waals surface area contributed by atoms with Gasteiger partial charge in [-0.2, -0.15) is 0 Å². The average molecular weight is 399 g/mol. The molecule has 0 radical (unpaired) electrons. The number of nitrogens with two attached hydrogens (primary N) is 1. The summed E-state index contributed by atoms with van der Waals surface area (Å²) in [6.07, 6.45) is 1.16. The number of hydrogen-bond acceptors (Lipinski definition) is 4. The van der Waals surface area contributed by atoms with Crippen molar-refractivity contribution in [2.75, 3.05) is 12.4 Å². The maximum atomic E-state index is 14.5. The summed E-state index contributed by atoms with van der Waals surface area (Å²) in [6, 6.07) is 8.49. The SMILES string of the molecule is CNC(=O)c1ncn(-c2ccc(NC(=O)c3ccc(F)cc3)c(F)c2)c1C(N)=O. The Morgan fingerprint density at radius 3 is 2.31 bits per heavy atom. The van der Waals surface area contributed by atoms with Crippen LogP contribution in [-0.4, -0.2) is 34.3 Å². The number of primary amides is 1. The van der Waals surface area contributed by atoms with E-state index in [1.165, 1.54) is 35.9 Å². The molecule has 148 valence electrons. The topological polar surface area (TPSA) is 119 Å². The lowest BCUT2D eigenvalue weighted by atomic mass is 10.2. The molecule has 1 heterocycles. The Morgan fingerprint density at radius 1 is 1.03 bits per heavy atom. The van der Waals surface area contributed by atoms with E-state index in [0.29, 0.717) is 0 Å². The number of anilines is 1. The maximum absolute atomic E-state index is 14.5. The summed E-state index contributed by atoms with van der Waals surface area (Å²) in [5.41, 5.74) is 5.11. The Kier molecular flexibility index (Phi) is 5.35. The van der Waals surface area contributed by atoms with Crippen molar-refractivity contribution < 1.29 is 23.2 Å². The molecule has 0 spiro atoms. The normalized spacial score (nSPS) is 10.4. The van der Waals surface area contributed by atoms with Gasteiger partial charge in [-0.25, -0.2) is 13.8 Å². The number of nitrogens with zero attached hydrogens (tertiary/aromatic N) is 2. The highest BCUT2D eigenvalue weighted by Gasteiger charge is 2.22. The molecule has 2 aromatic carbocycles. The number of amides is 3. The smallest absolute Gasteiger partial charge is 0.272 e. The van der Waals surface area contributed by atoms with Gasteiger partial charge < -0.3 is 16.4 Å². The lowest BCUT2D eigenvalue weighted by Gasteiger charge is -2.10. The third kappa shape index (κ3) is 3.95. The lowest BCUT2D eigenvalue weighted by molar-refractivity contribution is 0.0937. The van der Waals surface area contributed by atoms with E-state index in [-0.39, 0.29) is 28.3 Å². The number of halogens is 2. The van der Waals surface area contributed by atoms with Gasteiger partial charge in [0.25, 0.3) is 17.7 Å². The van der Waals surface area contributed by atoms with E-state index in [1.54, 1.807) is 0 Å². The van der Waals surface area contributed by atoms with Crippen LogP contribution >= 0.6 is 0 Å². The molecule has 0 saturated carbocycles. The molecule has 0 aliphatic rings. The van der Waals surface area contributed by atoms with Gasteiger partial charge in [-0.05, 0) is 36.4 Å². The molecule has 3 rings (SSSR count). The van der Waals surface area contributed by atoms with Gasteiger partial charge in [0, 0.05) is 18.7 Å². The summed E-state index contributed by atoms with van der Waals surface area (Å²) in [7, 11) is 1.37. The standard InChI is InChI=1S/C19H15F2N5O3/c1-23-19(29)15-16(17(22)27)26(9-24-15)12-6-7-14(13(21)8-12)25-18(28)10-2-4-11(20)5-3-10/h2-9H,1H3,(H2,22,27)(H,23,29)(H,25,28). The van der Waals surface area contributed by atoms with E-state index in [9.17, 15) is 23.2 Å². The van der Waals surface area contributed by atoms with Gasteiger partial charge in [-0.3, -0.25) is 19.0 Å². The second-order valence-electron chi connectivity index (χ2n) is 5.88. The van der Waals surface area contributed by atoms with Gasteiger partial charge in [-0.1, -0.05) is 0 Å². The number of aromatic nitrogens is 2. The minimum atomic E-state index is -0.921. The average Bonchev–Trinajstić information content (AvgIpc) is 3.15. The highest BCUT2D eigenvalue weighted by molar-refractivity contribution is 6.05. The number of carbonyl (C=O) groups excluding carboxylic acids is 3. The highest BCUT2D eigenvalue weighted by Crippen LogP contribution is 2.22. The van der Waals surface area contributed by atoms with E-state index in [4.69, 9.17) is 5.73 Å². The molecule has 4 N–H and O–H groups in total. The zero-order chi connectivity index (χ0) is 21.1. The first kappa shape index (κ1) is 19.7. The fourth-order valence-corrected chi connectivity index (χ4v) is 2.62. The first-order valence-electron chi connectivity index (χ1n) is 8.28. The summed E-state index contributed by atoms with van der Waals surface area (Å²) < 4.78 is 28.7. The molecular weight excluding hydrogens is 384 g/mol. The molecular formula is C19H15F2N5O3. The third-order valence-corrected chi connectivity index (χ3v) is 4.03. The van der Waals surface area contributed by atoms with Crippen LogP contribution in [0.2, 0.25) is 0 Å². The molecule has 0 saturated heterocycles. The van der Waals surface area contributed by atoms with Crippen molar-refractivity contribution in [3.63, 3.8) is 0 Å². The highest BCUT2D eigenvalue weighted by atomic mass is 19.1. The molecule has 3 amide bonds. The fourth-order valence-electron chi connectivity index (χ4n) is 2.62. The van der Waals surface area contributed by atoms with Gasteiger partial charge in [0.15, 0.2) is 5.69 Å². The van der Waals surface area contributed by atoms with E-state index in [1.807, 2.05) is 0 Å². The van der Waals surface area contributed by atoms with E-state index >= 15 is 0 Å². The third-order valence-electron chi connectivity index (χ3n) is 4.03. The fraction of sp³-hybridized carbons (Fsp3) is 0.0526. The molecule has 29 heavy (non-hydrogen) atoms. The zero-order valence-corrected chi connectivity index (χ0v) is 15.1. The number of imidazole rings is 1. The van der Waals surface area contributed by atoms with E-state index < -0.39 is 29.4 Å². The van der Waals surface area contributed by atoms with Crippen molar-refractivity contribution in [3.8, 4) is 5.69 Å². The van der Waals surface area contributed by atoms with Gasteiger partial charge in [0.2, 0.25) is 0 Å². The van der Waals surface area contributed by atoms with Gasteiger partial charge >= 0.3 is 0 Å². The summed E-state index contributed by atoms with van der Waals surface area (Å²) >= 11 is 0. The number of rotatable bonds is 5. The summed E-state index contributed by atoms with van der Waals surface area (Å²) in [5, 5.41) is 4.71. The lowest BCUT2D eigenvalue weighted by Crippen LogP contribution is -2.25. The van der Waals surface area contributed by atoms with Gasteiger partial charge in [-0.15, -0.1) is 0 Å². The van der Waals surface area contributed by atoms with Crippen molar-refractivity contribution in [3.05, 3.63) is 77.4 Å². The summed E-state index contributed by atoms with van der Waals surface area (Å²) in [4.78, 5) is 39.6. The quantitative estimate of drug-likeness (QED) is 0.607. The second-order valence-corrected chi connectivity index (χ2v) is 5.88. The summed E-state index contributed by atoms with van der Waals surface area (Å²) in [6.45, 7) is 0. The minimum Gasteiger partial charge on any atom is -0.364 e. The Morgan fingerprint density at radius 2 is 1.72 bits per heavy atom. The van der Waals surface area contributed by atoms with Crippen LogP contribution in [0.25, 0.3) is 5.69 Å². The van der Waals surface area contributed by atoms with Crippen LogP contribution in [0.3, 0.4) is 0 Å². The van der Waals surface area contributed by atoms with Crippen LogP contribution in [-0.2, 0) is 0 Å². The monoisotopic (exact) mass is 399 g/mol. The predicted octanol–water partition coefficient (Wildman–Crippen LogP) is 1.86. The zero-order valence-electron chi connectivity index (χ0n) is 15.1. The number of carbonyl (C=O) groups is 3. The number of nitrogens with one attached hydrogen (secondary N) is 2. The first-order valence-corrected chi connectivity index (χ1v) is 8.28. The molecule has 8 nitrogen and oxygen atoms in total.